The highest BCUT2D eigenvalue weighted by Gasteiger charge is 2.13. The van der Waals surface area contributed by atoms with Crippen LogP contribution in [0, 0.1) is 0 Å². The Hall–Kier alpha value is -1.94. The molecule has 3 nitrogen and oxygen atoms in total. The van der Waals surface area contributed by atoms with Gasteiger partial charge in [0.05, 0.1) is 5.56 Å². The molecule has 1 N–H and O–H groups in total. The van der Waals surface area contributed by atoms with Crippen molar-refractivity contribution in [2.45, 2.75) is 37.7 Å². The number of carbonyl (C=O) groups is 1. The number of carboxylic acids is 1. The lowest BCUT2D eigenvalue weighted by molar-refractivity contribution is 0.0696. The molecule has 1 unspecified atom stereocenters. The Morgan fingerprint density at radius 1 is 1.00 bits per heavy atom. The molecule has 2 rings (SSSR count). The van der Waals surface area contributed by atoms with Crippen LogP contribution >= 0.6 is 0 Å². The number of hydrogen-bond acceptors (Lipinski definition) is 2. The first-order valence-electron chi connectivity index (χ1n) is 7.52. The van der Waals surface area contributed by atoms with Gasteiger partial charge in [0.15, 0.2) is 0 Å². The fourth-order valence-corrected chi connectivity index (χ4v) is 3.54. The number of carboxylic acid groups (broad SMARTS) is 1. The summed E-state index contributed by atoms with van der Waals surface area (Å²) >= 11 is 0. The number of benzene rings is 2. The monoisotopic (exact) mass is 330 g/mol. The third-order valence-corrected chi connectivity index (χ3v) is 4.96. The van der Waals surface area contributed by atoms with Crippen molar-refractivity contribution in [3.63, 3.8) is 0 Å². The van der Waals surface area contributed by atoms with Crippen molar-refractivity contribution in [1.29, 1.82) is 0 Å². The predicted molar refractivity (Wildman–Crippen MR) is 94.1 cm³/mol. The number of hydrogen-bond donors (Lipinski definition) is 1. The topological polar surface area (TPSA) is 54.4 Å². The Morgan fingerprint density at radius 2 is 1.61 bits per heavy atom. The first-order chi connectivity index (χ1) is 10.8. The van der Waals surface area contributed by atoms with Crippen molar-refractivity contribution in [2.75, 3.05) is 0 Å². The quantitative estimate of drug-likeness (QED) is 0.897. The second-order valence-electron chi connectivity index (χ2n) is 6.68. The molecule has 0 fully saturated rings. The van der Waals surface area contributed by atoms with Crippen molar-refractivity contribution in [2.24, 2.45) is 0 Å². The second-order valence-corrected chi connectivity index (χ2v) is 8.14. The Kier molecular flexibility index (Phi) is 5.37. The molecular weight excluding hydrogens is 308 g/mol. The van der Waals surface area contributed by atoms with Crippen molar-refractivity contribution in [3.05, 3.63) is 70.8 Å². The number of rotatable bonds is 5. The fraction of sp³-hybridized carbons (Fsp3) is 0.316. The summed E-state index contributed by atoms with van der Waals surface area (Å²) in [5.41, 5.74) is 3.41. The molecule has 0 heterocycles. The lowest BCUT2D eigenvalue weighted by atomic mass is 9.87. The first kappa shape index (κ1) is 17.4. The molecule has 2 aromatic rings. The van der Waals surface area contributed by atoms with Crippen LogP contribution in [0.15, 0.2) is 48.5 Å². The van der Waals surface area contributed by atoms with E-state index < -0.39 is 16.8 Å². The lowest BCUT2D eigenvalue weighted by Gasteiger charge is -2.19. The zero-order valence-corrected chi connectivity index (χ0v) is 14.5. The normalized spacial score (nSPS) is 12.8. The van der Waals surface area contributed by atoms with Crippen LogP contribution in [0.3, 0.4) is 0 Å². The van der Waals surface area contributed by atoms with Gasteiger partial charge in [-0.05, 0) is 34.2 Å². The van der Waals surface area contributed by atoms with Crippen molar-refractivity contribution in [3.8, 4) is 0 Å². The maximum atomic E-state index is 12.3. The molecule has 0 saturated carbocycles. The van der Waals surface area contributed by atoms with E-state index in [9.17, 15) is 9.00 Å². The van der Waals surface area contributed by atoms with Gasteiger partial charge in [-0.1, -0.05) is 57.2 Å². The Labute approximate surface area is 139 Å². The van der Waals surface area contributed by atoms with Gasteiger partial charge in [0.2, 0.25) is 0 Å². The molecule has 0 radical (unpaired) electrons. The summed E-state index contributed by atoms with van der Waals surface area (Å²) in [6.45, 7) is 6.49. The Balaban J connectivity index is 2.02. The molecule has 0 aliphatic rings. The molecule has 2 aromatic carbocycles. The van der Waals surface area contributed by atoms with Gasteiger partial charge in [-0.2, -0.15) is 0 Å². The highest BCUT2D eigenvalue weighted by molar-refractivity contribution is 7.83. The minimum Gasteiger partial charge on any atom is -0.478 e. The van der Waals surface area contributed by atoms with Gasteiger partial charge < -0.3 is 5.11 Å². The fourth-order valence-electron chi connectivity index (χ4n) is 2.32. The van der Waals surface area contributed by atoms with Crippen LogP contribution < -0.4 is 0 Å². The maximum absolute atomic E-state index is 12.3. The average Bonchev–Trinajstić information content (AvgIpc) is 2.47. The molecule has 0 saturated heterocycles. The van der Waals surface area contributed by atoms with E-state index >= 15 is 0 Å². The minimum atomic E-state index is -1.06. The molecule has 1 atom stereocenters. The largest absolute Gasteiger partial charge is 0.478 e. The summed E-state index contributed by atoms with van der Waals surface area (Å²) in [5.74, 6) is -0.125. The molecule has 0 amide bonds. The van der Waals surface area contributed by atoms with Crippen LogP contribution in [0.1, 0.15) is 47.8 Å². The van der Waals surface area contributed by atoms with E-state index in [4.69, 9.17) is 5.11 Å². The average molecular weight is 330 g/mol. The van der Waals surface area contributed by atoms with Gasteiger partial charge in [-0.3, -0.25) is 4.21 Å². The molecule has 122 valence electrons. The highest BCUT2D eigenvalue weighted by Crippen LogP contribution is 2.22. The van der Waals surface area contributed by atoms with Crippen molar-refractivity contribution < 1.29 is 14.1 Å². The summed E-state index contributed by atoms with van der Waals surface area (Å²) in [6.07, 6.45) is 0. The standard InChI is InChI=1S/C19H22O3S/c1-19(2,3)17-9-7-14(8-10-17)12-23(22)13-15-5-4-6-16(11-15)18(20)21/h4-11H,12-13H2,1-3H3,(H,20,21). The van der Waals surface area contributed by atoms with Gasteiger partial charge in [0, 0.05) is 22.3 Å². The van der Waals surface area contributed by atoms with Crippen molar-refractivity contribution in [1.82, 2.24) is 0 Å². The molecule has 0 spiro atoms. The third-order valence-electron chi connectivity index (χ3n) is 3.65. The van der Waals surface area contributed by atoms with Gasteiger partial charge in [-0.25, -0.2) is 4.79 Å². The zero-order chi connectivity index (χ0) is 17.0. The van der Waals surface area contributed by atoms with Crippen LogP contribution in [0.4, 0.5) is 0 Å². The molecule has 0 aliphatic carbocycles. The van der Waals surface area contributed by atoms with E-state index in [1.165, 1.54) is 5.56 Å². The van der Waals surface area contributed by atoms with Gasteiger partial charge in [0.25, 0.3) is 0 Å². The van der Waals surface area contributed by atoms with Crippen LogP contribution in [0.5, 0.6) is 0 Å². The van der Waals surface area contributed by atoms with E-state index in [1.54, 1.807) is 18.2 Å². The first-order valence-corrected chi connectivity index (χ1v) is 9.01. The van der Waals surface area contributed by atoms with Crippen molar-refractivity contribution >= 4 is 16.8 Å². The summed E-state index contributed by atoms with van der Waals surface area (Å²) in [6, 6.07) is 14.8. The third kappa shape index (κ3) is 5.03. The van der Waals surface area contributed by atoms with E-state index in [2.05, 4.69) is 32.9 Å². The Morgan fingerprint density at radius 3 is 2.17 bits per heavy atom. The molecule has 23 heavy (non-hydrogen) atoms. The van der Waals surface area contributed by atoms with Crippen LogP contribution in [-0.4, -0.2) is 15.3 Å². The lowest BCUT2D eigenvalue weighted by Crippen LogP contribution is -2.10. The minimum absolute atomic E-state index is 0.106. The SMILES string of the molecule is CC(C)(C)c1ccc(CS(=O)Cc2cccc(C(=O)O)c2)cc1. The van der Waals surface area contributed by atoms with Crippen LogP contribution in [0.25, 0.3) is 0 Å². The maximum Gasteiger partial charge on any atom is 0.335 e. The van der Waals surface area contributed by atoms with Gasteiger partial charge in [0.1, 0.15) is 0 Å². The smallest absolute Gasteiger partial charge is 0.335 e. The molecular formula is C19H22O3S. The second kappa shape index (κ2) is 7.09. The number of aromatic carboxylic acids is 1. The summed E-state index contributed by atoms with van der Waals surface area (Å²) in [7, 11) is -1.06. The van der Waals surface area contributed by atoms with Crippen LogP contribution in [-0.2, 0) is 27.7 Å². The molecule has 4 heteroatoms. The van der Waals surface area contributed by atoms with E-state index in [1.807, 2.05) is 18.2 Å². The molecule has 0 aliphatic heterocycles. The van der Waals surface area contributed by atoms with Gasteiger partial charge in [-0.15, -0.1) is 0 Å². The zero-order valence-electron chi connectivity index (χ0n) is 13.7. The van der Waals surface area contributed by atoms with Crippen LogP contribution in [0.2, 0.25) is 0 Å². The van der Waals surface area contributed by atoms with E-state index in [-0.39, 0.29) is 11.0 Å². The summed E-state index contributed by atoms with van der Waals surface area (Å²) in [4.78, 5) is 11.0. The summed E-state index contributed by atoms with van der Waals surface area (Å²) in [5, 5.41) is 8.99. The van der Waals surface area contributed by atoms with E-state index in [0.717, 1.165) is 11.1 Å². The van der Waals surface area contributed by atoms with E-state index in [0.29, 0.717) is 11.5 Å². The molecule has 0 bridgehead atoms. The van der Waals surface area contributed by atoms with Gasteiger partial charge >= 0.3 is 5.97 Å². The Bertz CT molecular complexity index is 712. The predicted octanol–water partition coefficient (Wildman–Crippen LogP) is 4.13. The highest BCUT2D eigenvalue weighted by atomic mass is 32.2. The summed E-state index contributed by atoms with van der Waals surface area (Å²) < 4.78 is 12.3. The molecule has 0 aromatic heterocycles.